The van der Waals surface area contributed by atoms with Crippen molar-refractivity contribution in [1.29, 1.82) is 0 Å². The molecule has 0 aliphatic rings. The Morgan fingerprint density at radius 1 is 1.29 bits per heavy atom. The third kappa shape index (κ3) is 2.54. The number of rotatable bonds is 3. The van der Waals surface area contributed by atoms with Gasteiger partial charge in [-0.3, -0.25) is 5.10 Å². The smallest absolute Gasteiger partial charge is 0.175 e. The zero-order chi connectivity index (χ0) is 12.5. The van der Waals surface area contributed by atoms with Crippen molar-refractivity contribution in [3.63, 3.8) is 0 Å². The van der Waals surface area contributed by atoms with Crippen molar-refractivity contribution in [3.05, 3.63) is 36.0 Å². The number of H-pyrrole nitrogens is 1. The highest BCUT2D eigenvalue weighted by Crippen LogP contribution is 2.19. The first-order chi connectivity index (χ1) is 8.00. The molecule has 6 heteroatoms. The van der Waals surface area contributed by atoms with Gasteiger partial charge in [-0.15, -0.1) is 0 Å². The second kappa shape index (κ2) is 4.31. The number of sulfone groups is 1. The van der Waals surface area contributed by atoms with E-state index in [9.17, 15) is 8.42 Å². The fourth-order valence-corrected chi connectivity index (χ4v) is 2.12. The van der Waals surface area contributed by atoms with Crippen molar-refractivity contribution < 1.29 is 8.42 Å². The predicted octanol–water partition coefficient (Wildman–Crippen LogP) is 0.939. The molecule has 1 heterocycles. The van der Waals surface area contributed by atoms with Gasteiger partial charge in [0, 0.05) is 24.1 Å². The van der Waals surface area contributed by atoms with E-state index in [1.54, 1.807) is 24.3 Å². The highest BCUT2D eigenvalue weighted by Gasteiger charge is 2.08. The summed E-state index contributed by atoms with van der Waals surface area (Å²) < 4.78 is 22.6. The fraction of sp³-hybridized carbons (Fsp3) is 0.182. The van der Waals surface area contributed by atoms with Crippen LogP contribution in [0.15, 0.2) is 35.2 Å². The van der Waals surface area contributed by atoms with Gasteiger partial charge in [0.05, 0.1) is 10.6 Å². The average Bonchev–Trinajstić information content (AvgIpc) is 2.76. The Kier molecular flexibility index (Phi) is 2.99. The summed E-state index contributed by atoms with van der Waals surface area (Å²) in [6, 6.07) is 8.44. The molecule has 0 atom stereocenters. The van der Waals surface area contributed by atoms with Gasteiger partial charge in [0.25, 0.3) is 0 Å². The van der Waals surface area contributed by atoms with Crippen LogP contribution in [0, 0.1) is 0 Å². The molecule has 17 heavy (non-hydrogen) atoms. The maximum absolute atomic E-state index is 11.3. The minimum atomic E-state index is -3.15. The minimum absolute atomic E-state index is 0.302. The van der Waals surface area contributed by atoms with Crippen LogP contribution in [0.3, 0.4) is 0 Å². The van der Waals surface area contributed by atoms with Crippen LogP contribution in [-0.2, 0) is 16.4 Å². The van der Waals surface area contributed by atoms with Gasteiger partial charge in [-0.1, -0.05) is 12.1 Å². The molecule has 1 aromatic carbocycles. The molecular formula is C11H13N3O2S. The summed E-state index contributed by atoms with van der Waals surface area (Å²) in [4.78, 5) is 0.302. The Morgan fingerprint density at radius 2 is 1.94 bits per heavy atom. The highest BCUT2D eigenvalue weighted by molar-refractivity contribution is 7.90. The average molecular weight is 251 g/mol. The van der Waals surface area contributed by atoms with E-state index >= 15 is 0 Å². The Labute approximate surface area is 99.6 Å². The molecule has 0 amide bonds. The van der Waals surface area contributed by atoms with Gasteiger partial charge >= 0.3 is 0 Å². The quantitative estimate of drug-likeness (QED) is 0.849. The second-order valence-corrected chi connectivity index (χ2v) is 5.79. The Morgan fingerprint density at radius 3 is 2.41 bits per heavy atom. The number of nitrogens with zero attached hydrogens (tertiary/aromatic N) is 1. The normalized spacial score (nSPS) is 11.6. The lowest BCUT2D eigenvalue weighted by atomic mass is 10.1. The van der Waals surface area contributed by atoms with Gasteiger partial charge < -0.3 is 5.73 Å². The number of nitrogens with two attached hydrogens (primary N) is 1. The Bertz CT molecular complexity index is 614. The molecule has 5 nitrogen and oxygen atoms in total. The molecule has 0 aliphatic carbocycles. The maximum Gasteiger partial charge on any atom is 0.175 e. The van der Waals surface area contributed by atoms with Gasteiger partial charge in [-0.2, -0.15) is 5.10 Å². The van der Waals surface area contributed by atoms with Crippen LogP contribution in [0.4, 0.5) is 0 Å². The van der Waals surface area contributed by atoms with Gasteiger partial charge in [0.15, 0.2) is 9.84 Å². The van der Waals surface area contributed by atoms with Crippen LogP contribution >= 0.6 is 0 Å². The largest absolute Gasteiger partial charge is 0.325 e. The van der Waals surface area contributed by atoms with Gasteiger partial charge in [-0.05, 0) is 18.2 Å². The molecule has 1 aromatic heterocycles. The maximum atomic E-state index is 11.3. The van der Waals surface area contributed by atoms with Gasteiger partial charge in [-0.25, -0.2) is 8.42 Å². The molecule has 0 unspecified atom stereocenters. The molecule has 2 rings (SSSR count). The zero-order valence-electron chi connectivity index (χ0n) is 9.34. The SMILES string of the molecule is CS(=O)(=O)c1ccc(-c2cc(CN)[nH]n2)cc1. The third-order valence-corrected chi connectivity index (χ3v) is 3.56. The Balaban J connectivity index is 2.35. The summed E-state index contributed by atoms with van der Waals surface area (Å²) in [6.45, 7) is 0.397. The van der Waals surface area contributed by atoms with Crippen molar-refractivity contribution in [1.82, 2.24) is 10.2 Å². The number of aromatic nitrogens is 2. The molecule has 3 N–H and O–H groups in total. The fourth-order valence-electron chi connectivity index (χ4n) is 1.49. The second-order valence-electron chi connectivity index (χ2n) is 3.78. The van der Waals surface area contributed by atoms with E-state index in [0.29, 0.717) is 11.4 Å². The number of benzene rings is 1. The van der Waals surface area contributed by atoms with Crippen LogP contribution in [0.1, 0.15) is 5.69 Å². The van der Waals surface area contributed by atoms with E-state index in [1.165, 1.54) is 6.26 Å². The molecule has 2 aromatic rings. The summed E-state index contributed by atoms with van der Waals surface area (Å²) in [5, 5.41) is 6.90. The van der Waals surface area contributed by atoms with Crippen LogP contribution in [0.2, 0.25) is 0 Å². The summed E-state index contributed by atoms with van der Waals surface area (Å²) in [5.41, 5.74) is 7.92. The molecule has 0 fully saturated rings. The van der Waals surface area contributed by atoms with Crippen molar-refractivity contribution in [3.8, 4) is 11.3 Å². The van der Waals surface area contributed by atoms with E-state index in [1.807, 2.05) is 6.07 Å². The molecule has 0 bridgehead atoms. The molecule has 0 radical (unpaired) electrons. The molecule has 90 valence electrons. The van der Waals surface area contributed by atoms with Gasteiger partial charge in [0.1, 0.15) is 0 Å². The van der Waals surface area contributed by atoms with E-state index in [2.05, 4.69) is 10.2 Å². The monoisotopic (exact) mass is 251 g/mol. The molecule has 0 saturated heterocycles. The van der Waals surface area contributed by atoms with E-state index in [0.717, 1.165) is 17.0 Å². The summed E-state index contributed by atoms with van der Waals surface area (Å²) in [7, 11) is -3.15. The number of aromatic amines is 1. The van der Waals surface area contributed by atoms with Crippen molar-refractivity contribution in [2.75, 3.05) is 6.26 Å². The van der Waals surface area contributed by atoms with Crippen LogP contribution < -0.4 is 5.73 Å². The van der Waals surface area contributed by atoms with Gasteiger partial charge in [0.2, 0.25) is 0 Å². The number of hydrogen-bond acceptors (Lipinski definition) is 4. The standard InChI is InChI=1S/C11H13N3O2S/c1-17(15,16)10-4-2-8(3-5-10)11-6-9(7-12)13-14-11/h2-6H,7,12H2,1H3,(H,13,14). The number of hydrogen-bond donors (Lipinski definition) is 2. The molecule has 0 aliphatic heterocycles. The van der Waals surface area contributed by atoms with Crippen LogP contribution in [0.5, 0.6) is 0 Å². The summed E-state index contributed by atoms with van der Waals surface area (Å²) in [6.07, 6.45) is 1.18. The van der Waals surface area contributed by atoms with E-state index < -0.39 is 9.84 Å². The minimum Gasteiger partial charge on any atom is -0.325 e. The first-order valence-corrected chi connectivity index (χ1v) is 6.94. The third-order valence-electron chi connectivity index (χ3n) is 2.43. The van der Waals surface area contributed by atoms with Crippen molar-refractivity contribution >= 4 is 9.84 Å². The van der Waals surface area contributed by atoms with Crippen molar-refractivity contribution in [2.24, 2.45) is 5.73 Å². The lowest BCUT2D eigenvalue weighted by Crippen LogP contribution is -1.96. The van der Waals surface area contributed by atoms with E-state index in [4.69, 9.17) is 5.73 Å². The lowest BCUT2D eigenvalue weighted by molar-refractivity contribution is 0.602. The molecular weight excluding hydrogens is 238 g/mol. The van der Waals surface area contributed by atoms with Crippen LogP contribution in [0.25, 0.3) is 11.3 Å². The number of nitrogens with one attached hydrogen (secondary N) is 1. The lowest BCUT2D eigenvalue weighted by Gasteiger charge is -1.99. The topological polar surface area (TPSA) is 88.8 Å². The summed E-state index contributed by atoms with van der Waals surface area (Å²) in [5.74, 6) is 0. The molecule has 0 spiro atoms. The highest BCUT2D eigenvalue weighted by atomic mass is 32.2. The summed E-state index contributed by atoms with van der Waals surface area (Å²) >= 11 is 0. The zero-order valence-corrected chi connectivity index (χ0v) is 10.2. The van der Waals surface area contributed by atoms with Crippen LogP contribution in [-0.4, -0.2) is 24.9 Å². The van der Waals surface area contributed by atoms with E-state index in [-0.39, 0.29) is 0 Å². The molecule has 0 saturated carbocycles. The Hall–Kier alpha value is -1.66. The first kappa shape index (κ1) is 11.8. The first-order valence-electron chi connectivity index (χ1n) is 5.05. The van der Waals surface area contributed by atoms with Crippen molar-refractivity contribution in [2.45, 2.75) is 11.4 Å². The predicted molar refractivity (Wildman–Crippen MR) is 65.0 cm³/mol.